The van der Waals surface area contributed by atoms with Crippen LogP contribution in [0.2, 0.25) is 0 Å². The highest BCUT2D eigenvalue weighted by Crippen LogP contribution is 2.25. The van der Waals surface area contributed by atoms with E-state index in [0.29, 0.717) is 12.2 Å². The van der Waals surface area contributed by atoms with Gasteiger partial charge in [0.25, 0.3) is 5.91 Å². The molecule has 5 heteroatoms. The summed E-state index contributed by atoms with van der Waals surface area (Å²) in [5, 5.41) is 2.66. The Morgan fingerprint density at radius 1 is 1.50 bits per heavy atom. The van der Waals surface area contributed by atoms with Gasteiger partial charge in [-0.1, -0.05) is 26.7 Å². The fourth-order valence-corrected chi connectivity index (χ4v) is 3.31. The van der Waals surface area contributed by atoms with Crippen molar-refractivity contribution in [1.82, 2.24) is 9.88 Å². The number of nitrogens with two attached hydrogens (primary N) is 1. The molecule has 0 atom stereocenters. The molecule has 0 radical (unpaired) electrons. The zero-order valence-corrected chi connectivity index (χ0v) is 13.3. The SMILES string of the molecule is CC(C)CCC1CCN(C(=O)c2csc(CN)n2)CC1. The molecule has 2 rings (SSSR count). The molecule has 0 aromatic carbocycles. The van der Waals surface area contributed by atoms with Crippen LogP contribution in [-0.2, 0) is 6.54 Å². The van der Waals surface area contributed by atoms with Crippen LogP contribution < -0.4 is 5.73 Å². The Morgan fingerprint density at radius 3 is 2.75 bits per heavy atom. The van der Waals surface area contributed by atoms with Crippen LogP contribution in [0.4, 0.5) is 0 Å². The lowest BCUT2D eigenvalue weighted by Crippen LogP contribution is -2.38. The normalized spacial score (nSPS) is 16.9. The molecule has 1 amide bonds. The van der Waals surface area contributed by atoms with Crippen LogP contribution in [0, 0.1) is 11.8 Å². The number of thiazole rings is 1. The predicted octanol–water partition coefficient (Wildman–Crippen LogP) is 2.89. The molecule has 1 saturated heterocycles. The highest BCUT2D eigenvalue weighted by atomic mass is 32.1. The molecule has 0 spiro atoms. The highest BCUT2D eigenvalue weighted by Gasteiger charge is 2.24. The Kier molecular flexibility index (Phi) is 5.54. The second kappa shape index (κ2) is 7.18. The highest BCUT2D eigenvalue weighted by molar-refractivity contribution is 7.09. The molecule has 0 saturated carbocycles. The maximum absolute atomic E-state index is 12.3. The minimum absolute atomic E-state index is 0.0725. The van der Waals surface area contributed by atoms with Crippen molar-refractivity contribution >= 4 is 17.2 Å². The third-order valence-electron chi connectivity index (χ3n) is 4.00. The molecule has 2 heterocycles. The summed E-state index contributed by atoms with van der Waals surface area (Å²) in [6, 6.07) is 0. The van der Waals surface area contributed by atoms with E-state index in [9.17, 15) is 4.79 Å². The molecule has 2 N–H and O–H groups in total. The van der Waals surface area contributed by atoms with Crippen molar-refractivity contribution in [3.8, 4) is 0 Å². The third kappa shape index (κ3) is 4.03. The number of hydrogen-bond acceptors (Lipinski definition) is 4. The molecule has 1 aromatic rings. The molecule has 0 unspecified atom stereocenters. The lowest BCUT2D eigenvalue weighted by Gasteiger charge is -2.32. The van der Waals surface area contributed by atoms with Gasteiger partial charge in [-0.15, -0.1) is 11.3 Å². The minimum Gasteiger partial charge on any atom is -0.337 e. The number of likely N-dealkylation sites (tertiary alicyclic amines) is 1. The smallest absolute Gasteiger partial charge is 0.273 e. The standard InChI is InChI=1S/C15H25N3OS/c1-11(2)3-4-12-5-7-18(8-6-12)15(19)13-10-20-14(9-16)17-13/h10-12H,3-9,16H2,1-2H3. The predicted molar refractivity (Wildman–Crippen MR) is 82.7 cm³/mol. The number of carbonyl (C=O) groups excluding carboxylic acids is 1. The zero-order chi connectivity index (χ0) is 14.5. The summed E-state index contributed by atoms with van der Waals surface area (Å²) < 4.78 is 0. The second-order valence-corrected chi connectivity index (χ2v) is 6.98. The molecule has 112 valence electrons. The maximum Gasteiger partial charge on any atom is 0.273 e. The first-order valence-electron chi connectivity index (χ1n) is 7.54. The van der Waals surface area contributed by atoms with Crippen LogP contribution in [0.25, 0.3) is 0 Å². The van der Waals surface area contributed by atoms with Crippen LogP contribution in [0.3, 0.4) is 0 Å². The van der Waals surface area contributed by atoms with E-state index in [4.69, 9.17) is 5.73 Å². The number of piperidine rings is 1. The van der Waals surface area contributed by atoms with E-state index in [2.05, 4.69) is 18.8 Å². The van der Waals surface area contributed by atoms with Gasteiger partial charge in [-0.25, -0.2) is 4.98 Å². The lowest BCUT2D eigenvalue weighted by atomic mass is 9.89. The van der Waals surface area contributed by atoms with Crippen molar-refractivity contribution in [2.24, 2.45) is 17.6 Å². The van der Waals surface area contributed by atoms with Crippen LogP contribution >= 0.6 is 11.3 Å². The van der Waals surface area contributed by atoms with Crippen LogP contribution in [-0.4, -0.2) is 28.9 Å². The molecule has 1 aromatic heterocycles. The monoisotopic (exact) mass is 295 g/mol. The van der Waals surface area contributed by atoms with Crippen LogP contribution in [0.1, 0.15) is 55.0 Å². The van der Waals surface area contributed by atoms with Gasteiger partial charge in [0, 0.05) is 25.0 Å². The molecule has 1 aliphatic rings. The Bertz CT molecular complexity index is 436. The summed E-state index contributed by atoms with van der Waals surface area (Å²) in [5.74, 6) is 1.64. The van der Waals surface area contributed by atoms with Crippen molar-refractivity contribution in [1.29, 1.82) is 0 Å². The summed E-state index contributed by atoms with van der Waals surface area (Å²) in [6.45, 7) is 6.70. The van der Waals surface area contributed by atoms with E-state index in [0.717, 1.165) is 42.8 Å². The first-order valence-corrected chi connectivity index (χ1v) is 8.42. The van der Waals surface area contributed by atoms with Crippen molar-refractivity contribution in [2.45, 2.75) is 46.1 Å². The summed E-state index contributed by atoms with van der Waals surface area (Å²) in [6.07, 6.45) is 4.86. The molecule has 1 fully saturated rings. The third-order valence-corrected chi connectivity index (χ3v) is 4.87. The Labute approximate surface area is 125 Å². The summed E-state index contributed by atoms with van der Waals surface area (Å²) in [5.41, 5.74) is 6.11. The van der Waals surface area contributed by atoms with Gasteiger partial charge in [0.1, 0.15) is 10.7 Å². The fraction of sp³-hybridized carbons (Fsp3) is 0.733. The first-order chi connectivity index (χ1) is 9.60. The van der Waals surface area contributed by atoms with E-state index in [1.165, 1.54) is 24.2 Å². The van der Waals surface area contributed by atoms with Crippen LogP contribution in [0.5, 0.6) is 0 Å². The molecule has 1 aliphatic heterocycles. The maximum atomic E-state index is 12.3. The largest absolute Gasteiger partial charge is 0.337 e. The number of amides is 1. The average Bonchev–Trinajstić information content (AvgIpc) is 2.94. The van der Waals surface area contributed by atoms with E-state index >= 15 is 0 Å². The van der Waals surface area contributed by atoms with Crippen molar-refractivity contribution in [3.63, 3.8) is 0 Å². The van der Waals surface area contributed by atoms with E-state index in [1.807, 2.05) is 10.3 Å². The molecular formula is C15H25N3OS. The molecule has 0 aliphatic carbocycles. The molecule has 0 bridgehead atoms. The van der Waals surface area contributed by atoms with Crippen molar-refractivity contribution in [3.05, 3.63) is 16.1 Å². The van der Waals surface area contributed by atoms with Gasteiger partial charge in [-0.05, 0) is 24.7 Å². The number of rotatable bonds is 5. The van der Waals surface area contributed by atoms with Crippen molar-refractivity contribution < 1.29 is 4.79 Å². The van der Waals surface area contributed by atoms with E-state index in [-0.39, 0.29) is 5.91 Å². The molecule has 20 heavy (non-hydrogen) atoms. The van der Waals surface area contributed by atoms with Gasteiger partial charge in [-0.3, -0.25) is 4.79 Å². The quantitative estimate of drug-likeness (QED) is 0.908. The minimum atomic E-state index is 0.0725. The van der Waals surface area contributed by atoms with Gasteiger partial charge in [-0.2, -0.15) is 0 Å². The number of carbonyl (C=O) groups is 1. The summed E-state index contributed by atoms with van der Waals surface area (Å²) in [4.78, 5) is 18.6. The molecule has 4 nitrogen and oxygen atoms in total. The van der Waals surface area contributed by atoms with Gasteiger partial charge < -0.3 is 10.6 Å². The van der Waals surface area contributed by atoms with Crippen molar-refractivity contribution in [2.75, 3.05) is 13.1 Å². The first kappa shape index (κ1) is 15.4. The van der Waals surface area contributed by atoms with Gasteiger partial charge in [0.05, 0.1) is 0 Å². The Hall–Kier alpha value is -0.940. The lowest BCUT2D eigenvalue weighted by molar-refractivity contribution is 0.0679. The van der Waals surface area contributed by atoms with Gasteiger partial charge >= 0.3 is 0 Å². The van der Waals surface area contributed by atoms with Gasteiger partial charge in [0.2, 0.25) is 0 Å². The Balaban J connectivity index is 1.82. The Morgan fingerprint density at radius 2 is 2.20 bits per heavy atom. The molecular weight excluding hydrogens is 270 g/mol. The summed E-state index contributed by atoms with van der Waals surface area (Å²) >= 11 is 1.47. The van der Waals surface area contributed by atoms with Crippen LogP contribution in [0.15, 0.2) is 5.38 Å². The fourth-order valence-electron chi connectivity index (χ4n) is 2.66. The topological polar surface area (TPSA) is 59.2 Å². The number of hydrogen-bond donors (Lipinski definition) is 1. The summed E-state index contributed by atoms with van der Waals surface area (Å²) in [7, 11) is 0. The van der Waals surface area contributed by atoms with E-state index < -0.39 is 0 Å². The van der Waals surface area contributed by atoms with E-state index in [1.54, 1.807) is 0 Å². The van der Waals surface area contributed by atoms with Gasteiger partial charge in [0.15, 0.2) is 0 Å². The zero-order valence-electron chi connectivity index (χ0n) is 12.5. The number of nitrogens with zero attached hydrogens (tertiary/aromatic N) is 2. The number of aromatic nitrogens is 1. The second-order valence-electron chi connectivity index (χ2n) is 6.04. The average molecular weight is 295 g/mol.